The van der Waals surface area contributed by atoms with Crippen LogP contribution in [0.4, 0.5) is 9.59 Å². The van der Waals surface area contributed by atoms with Crippen LogP contribution in [0.1, 0.15) is 167 Å². The van der Waals surface area contributed by atoms with Gasteiger partial charge in [0.2, 0.25) is 29.5 Å². The molecular weight excluding hydrogens is 1150 g/mol. The minimum absolute atomic E-state index is 0.0247. The lowest BCUT2D eigenvalue weighted by Gasteiger charge is -2.40. The second-order valence-electron chi connectivity index (χ2n) is 28.2. The molecule has 10 atom stereocenters. The molecule has 6 N–H and O–H groups in total. The number of benzene rings is 3. The SMILES string of the molecule is C=C([C@@H](NC(=O)[C@H](C)N(C)C(=O)OC(C)(C)C)C(C)(C)C)N1C[C@@H](NC(=O)c2ccc(C(=O)N[C@H]3C[C@@H](C(=O)N[C@@H]4CCOc5ccccc54)N(C(=O)[C@@H](NC(=O)[C@H](C)N(C)C(=O)OC(C)(C)C)C(C)(C)C)C3)cc2)C[C@H]1C(=O)N[C@@H]1CCOc2ccccc21. The lowest BCUT2D eigenvalue weighted by molar-refractivity contribution is -0.144. The minimum Gasteiger partial charge on any atom is -0.493 e. The van der Waals surface area contributed by atoms with Crippen molar-refractivity contribution in [1.82, 2.24) is 51.5 Å². The lowest BCUT2D eigenvalue weighted by atomic mass is 9.84. The van der Waals surface area contributed by atoms with E-state index >= 15 is 0 Å². The highest BCUT2D eigenvalue weighted by atomic mass is 16.6. The lowest BCUT2D eigenvalue weighted by Crippen LogP contribution is -2.60. The summed E-state index contributed by atoms with van der Waals surface area (Å²) in [6, 6.07) is 12.9. The monoisotopic (exact) mass is 1250 g/mol. The molecule has 4 heterocycles. The molecule has 0 spiro atoms. The number of fused-ring (bicyclic) bond motifs is 2. The van der Waals surface area contributed by atoms with Crippen molar-refractivity contribution in [2.24, 2.45) is 10.8 Å². The van der Waals surface area contributed by atoms with Crippen LogP contribution in [0.15, 0.2) is 85.1 Å². The zero-order valence-corrected chi connectivity index (χ0v) is 55.2. The first-order chi connectivity index (χ1) is 41.9. The first-order valence-electron chi connectivity index (χ1n) is 31.0. The molecule has 23 heteroatoms. The summed E-state index contributed by atoms with van der Waals surface area (Å²) in [6.45, 7) is 29.9. The number of nitrogens with one attached hydrogen (secondary N) is 6. The number of likely N-dealkylation sites (N-methyl/N-ethyl adjacent to an activating group) is 2. The quantitative estimate of drug-likeness (QED) is 0.0801. The number of hydrogen-bond donors (Lipinski definition) is 6. The van der Waals surface area contributed by atoms with E-state index < -0.39 is 124 Å². The Morgan fingerprint density at radius 2 is 0.900 bits per heavy atom. The highest BCUT2D eigenvalue weighted by Gasteiger charge is 2.48. The van der Waals surface area contributed by atoms with E-state index in [0.717, 1.165) is 16.0 Å². The molecule has 4 aliphatic rings. The van der Waals surface area contributed by atoms with Crippen molar-refractivity contribution < 1.29 is 62.1 Å². The van der Waals surface area contributed by atoms with E-state index in [4.69, 9.17) is 18.9 Å². The van der Waals surface area contributed by atoms with Gasteiger partial charge in [-0.15, -0.1) is 0 Å². The van der Waals surface area contributed by atoms with Crippen LogP contribution in [0.2, 0.25) is 0 Å². The van der Waals surface area contributed by atoms with Crippen molar-refractivity contribution in [2.75, 3.05) is 40.4 Å². The van der Waals surface area contributed by atoms with Crippen molar-refractivity contribution in [3.63, 3.8) is 0 Å². The summed E-state index contributed by atoms with van der Waals surface area (Å²) in [6.07, 6.45) is -0.215. The second-order valence-corrected chi connectivity index (χ2v) is 28.2. The van der Waals surface area contributed by atoms with Crippen LogP contribution in [0.3, 0.4) is 0 Å². The highest BCUT2D eigenvalue weighted by Crippen LogP contribution is 2.37. The van der Waals surface area contributed by atoms with Crippen molar-refractivity contribution >= 4 is 53.5 Å². The topological polar surface area (TPSA) is 276 Å². The third kappa shape index (κ3) is 17.1. The molecule has 0 saturated carbocycles. The number of rotatable bonds is 17. The fourth-order valence-corrected chi connectivity index (χ4v) is 11.4. The Kier molecular flexibility index (Phi) is 21.3. The van der Waals surface area contributed by atoms with Gasteiger partial charge in [0.05, 0.1) is 31.3 Å². The third-order valence-corrected chi connectivity index (χ3v) is 16.7. The maximum Gasteiger partial charge on any atom is 0.410 e. The Hall–Kier alpha value is -8.37. The first-order valence-corrected chi connectivity index (χ1v) is 31.0. The van der Waals surface area contributed by atoms with Gasteiger partial charge in [-0.2, -0.15) is 0 Å². The van der Waals surface area contributed by atoms with Crippen LogP contribution < -0.4 is 41.4 Å². The molecule has 0 aliphatic carbocycles. The smallest absolute Gasteiger partial charge is 0.410 e. The van der Waals surface area contributed by atoms with Gasteiger partial charge in [-0.05, 0) is 115 Å². The summed E-state index contributed by atoms with van der Waals surface area (Å²) < 4.78 is 22.8. The van der Waals surface area contributed by atoms with E-state index in [9.17, 15) is 43.2 Å². The minimum atomic E-state index is -1.18. The molecule has 3 aromatic carbocycles. The standard InChI is InChI=1S/C67H94N10O13/c1-38(53(64(4,5)6)72-55(78)39(2)74(16)62(85)89-66(10,11)12)76-36-43(34-49(76)59(82)70-47-30-32-87-51-24-20-18-22-45(47)51)68-57(80)41-26-28-42(29-27-41)58(81)69-44-35-50(60(83)71-48-31-33-88-52-25-21-19-23-46(48)52)77(37-44)61(84)54(65(7,8)9)73-56(79)40(3)75(17)63(86)90-67(13,14)15/h18-29,39-40,43-44,47-50,53-54H,1,30-37H2,2-17H3,(H,68,80)(H,69,81)(H,70,82)(H,71,83)(H,72,78)(H,73,79)/t39-,40-,43-,44-,47+,48+,49-,50-,53+,54+/m0/s1. The molecule has 9 amide bonds. The molecule has 7 rings (SSSR count). The van der Waals surface area contributed by atoms with Crippen molar-refractivity contribution in [1.29, 1.82) is 0 Å². The predicted molar refractivity (Wildman–Crippen MR) is 338 cm³/mol. The molecule has 0 unspecified atom stereocenters. The number of amides is 9. The maximum absolute atomic E-state index is 15.0. The number of carbonyl (C=O) groups excluding carboxylic acids is 9. The molecular formula is C67H94N10O13. The van der Waals surface area contributed by atoms with Crippen LogP contribution in [0, 0.1) is 10.8 Å². The van der Waals surface area contributed by atoms with Gasteiger partial charge in [0, 0.05) is 80.1 Å². The van der Waals surface area contributed by atoms with Gasteiger partial charge in [0.15, 0.2) is 0 Å². The molecule has 490 valence electrons. The fourth-order valence-electron chi connectivity index (χ4n) is 11.4. The van der Waals surface area contributed by atoms with Crippen molar-refractivity contribution in [3.05, 3.63) is 107 Å². The Labute approximate surface area is 529 Å². The molecule has 3 aromatic rings. The number of carbonyl (C=O) groups is 9. The number of para-hydroxylation sites is 2. The first kappa shape index (κ1) is 69.1. The van der Waals surface area contributed by atoms with Gasteiger partial charge in [-0.25, -0.2) is 9.59 Å². The molecule has 2 saturated heterocycles. The molecule has 90 heavy (non-hydrogen) atoms. The Morgan fingerprint density at radius 3 is 1.29 bits per heavy atom. The van der Waals surface area contributed by atoms with Gasteiger partial charge in [0.25, 0.3) is 11.8 Å². The summed E-state index contributed by atoms with van der Waals surface area (Å²) >= 11 is 0. The van der Waals surface area contributed by atoms with Crippen molar-refractivity contribution in [3.8, 4) is 11.5 Å². The zero-order valence-electron chi connectivity index (χ0n) is 55.2. The van der Waals surface area contributed by atoms with Crippen LogP contribution in [0.5, 0.6) is 11.5 Å². The molecule has 0 radical (unpaired) electrons. The maximum atomic E-state index is 15.0. The van der Waals surface area contributed by atoms with E-state index in [1.54, 1.807) is 69.2 Å². The van der Waals surface area contributed by atoms with E-state index in [1.807, 2.05) is 74.2 Å². The van der Waals surface area contributed by atoms with Gasteiger partial charge in [-0.3, -0.25) is 43.4 Å². The second kappa shape index (κ2) is 27.8. The highest BCUT2D eigenvalue weighted by molar-refractivity contribution is 5.99. The molecule has 0 bridgehead atoms. The van der Waals surface area contributed by atoms with Gasteiger partial charge in [0.1, 0.15) is 52.9 Å². The van der Waals surface area contributed by atoms with Crippen molar-refractivity contribution in [2.45, 2.75) is 194 Å². The number of nitrogens with zero attached hydrogens (tertiary/aromatic N) is 4. The van der Waals surface area contributed by atoms with Crippen LogP contribution in [-0.2, 0) is 33.4 Å². The van der Waals surface area contributed by atoms with Crippen LogP contribution >= 0.6 is 0 Å². The average Bonchev–Trinajstić information content (AvgIpc) is 1.65. The summed E-state index contributed by atoms with van der Waals surface area (Å²) in [4.78, 5) is 132. The number of ether oxygens (including phenoxy) is 4. The summed E-state index contributed by atoms with van der Waals surface area (Å²) in [5, 5.41) is 18.4. The van der Waals surface area contributed by atoms with E-state index in [-0.39, 0.29) is 49.0 Å². The fraction of sp³-hybridized carbons (Fsp3) is 0.567. The Bertz CT molecular complexity index is 2970. The Balaban J connectivity index is 1.07. The van der Waals surface area contributed by atoms with E-state index in [2.05, 4.69) is 38.5 Å². The summed E-state index contributed by atoms with van der Waals surface area (Å²) in [5.41, 5.74) is -0.726. The third-order valence-electron chi connectivity index (χ3n) is 16.7. The summed E-state index contributed by atoms with van der Waals surface area (Å²) in [5.74, 6) is -2.14. The number of hydrogen-bond acceptors (Lipinski definition) is 14. The normalized spacial score (nSPS) is 21.2. The van der Waals surface area contributed by atoms with Crippen LogP contribution in [0.25, 0.3) is 0 Å². The zero-order chi connectivity index (χ0) is 66.5. The van der Waals surface area contributed by atoms with E-state index in [0.29, 0.717) is 43.3 Å². The van der Waals surface area contributed by atoms with Crippen LogP contribution in [-0.4, -0.2) is 173 Å². The average molecular weight is 1250 g/mol. The molecule has 23 nitrogen and oxygen atoms in total. The molecule has 2 fully saturated rings. The van der Waals surface area contributed by atoms with Gasteiger partial charge >= 0.3 is 12.2 Å². The molecule has 0 aromatic heterocycles. The van der Waals surface area contributed by atoms with E-state index in [1.165, 1.54) is 55.1 Å². The largest absolute Gasteiger partial charge is 0.493 e. The predicted octanol–water partition coefficient (Wildman–Crippen LogP) is 6.92. The molecule has 4 aliphatic heterocycles. The Morgan fingerprint density at radius 1 is 0.533 bits per heavy atom. The summed E-state index contributed by atoms with van der Waals surface area (Å²) in [7, 11) is 2.92. The number of likely N-dealkylation sites (tertiary alicyclic amines) is 2. The van der Waals surface area contributed by atoms with Gasteiger partial charge in [-0.1, -0.05) is 84.5 Å². The van der Waals surface area contributed by atoms with Gasteiger partial charge < -0.3 is 60.6 Å².